The Morgan fingerprint density at radius 2 is 2.20 bits per heavy atom. The second-order valence-corrected chi connectivity index (χ2v) is 4.98. The summed E-state index contributed by atoms with van der Waals surface area (Å²) in [6.45, 7) is 5.07. The van der Waals surface area contributed by atoms with E-state index in [1.807, 2.05) is 13.0 Å². The number of pyridine rings is 1. The summed E-state index contributed by atoms with van der Waals surface area (Å²) in [4.78, 5) is 16.7. The van der Waals surface area contributed by atoms with Crippen LogP contribution in [0.4, 0.5) is 0 Å². The lowest BCUT2D eigenvalue weighted by molar-refractivity contribution is 0.547. The van der Waals surface area contributed by atoms with E-state index in [2.05, 4.69) is 17.0 Å². The van der Waals surface area contributed by atoms with Crippen LogP contribution in [0.3, 0.4) is 0 Å². The van der Waals surface area contributed by atoms with Gasteiger partial charge in [-0.15, -0.1) is 0 Å². The van der Waals surface area contributed by atoms with Crippen LogP contribution in [0.1, 0.15) is 30.4 Å². The van der Waals surface area contributed by atoms with Gasteiger partial charge in [-0.25, -0.2) is 9.67 Å². The summed E-state index contributed by atoms with van der Waals surface area (Å²) < 4.78 is 3.42. The second-order valence-electron chi connectivity index (χ2n) is 4.54. The van der Waals surface area contributed by atoms with E-state index in [0.29, 0.717) is 12.1 Å². The molecule has 0 bridgehead atoms. The Labute approximate surface area is 122 Å². The fourth-order valence-electron chi connectivity index (χ4n) is 2.01. The number of aryl methyl sites for hydroxylation is 2. The van der Waals surface area contributed by atoms with E-state index in [4.69, 9.17) is 18.0 Å². The van der Waals surface area contributed by atoms with E-state index in [9.17, 15) is 4.79 Å². The molecule has 2 aromatic rings. The molecule has 2 rings (SSSR count). The Morgan fingerprint density at radius 1 is 1.45 bits per heavy atom. The molecule has 2 N–H and O–H groups in total. The molecule has 20 heavy (non-hydrogen) atoms. The van der Waals surface area contributed by atoms with Gasteiger partial charge < -0.3 is 10.3 Å². The molecule has 0 aromatic carbocycles. The van der Waals surface area contributed by atoms with Gasteiger partial charge in [0.05, 0.1) is 12.1 Å². The highest BCUT2D eigenvalue weighted by Crippen LogP contribution is 2.04. The zero-order valence-corrected chi connectivity index (χ0v) is 12.4. The molecule has 2 aromatic heterocycles. The normalized spacial score (nSPS) is 10.7. The number of hydrogen-bond acceptors (Lipinski definition) is 4. The molecule has 0 spiro atoms. The maximum Gasteiger partial charge on any atom is 0.261 e. The Balaban J connectivity index is 2.43. The van der Waals surface area contributed by atoms with Gasteiger partial charge in [-0.2, -0.15) is 5.10 Å². The summed E-state index contributed by atoms with van der Waals surface area (Å²) in [6.07, 6.45) is 2.46. The first kappa shape index (κ1) is 14.4. The first-order valence-electron chi connectivity index (χ1n) is 6.41. The molecular weight excluding hydrogens is 274 g/mol. The van der Waals surface area contributed by atoms with Gasteiger partial charge in [0.1, 0.15) is 17.1 Å². The van der Waals surface area contributed by atoms with E-state index >= 15 is 0 Å². The largest absolute Gasteiger partial charge is 0.389 e. The lowest BCUT2D eigenvalue weighted by atomic mass is 10.2. The maximum absolute atomic E-state index is 12.4. The lowest BCUT2D eigenvalue weighted by Gasteiger charge is -2.12. The Kier molecular flexibility index (Phi) is 4.29. The van der Waals surface area contributed by atoms with Gasteiger partial charge in [0, 0.05) is 12.2 Å². The van der Waals surface area contributed by atoms with Crippen LogP contribution in [-0.2, 0) is 13.1 Å². The molecular formula is C13H17N5OS. The second kappa shape index (κ2) is 5.96. The third-order valence-corrected chi connectivity index (χ3v) is 3.31. The summed E-state index contributed by atoms with van der Waals surface area (Å²) >= 11 is 4.90. The van der Waals surface area contributed by atoms with Gasteiger partial charge >= 0.3 is 0 Å². The smallest absolute Gasteiger partial charge is 0.261 e. The number of rotatable bonds is 5. The average Bonchev–Trinajstić information content (AvgIpc) is 2.82. The molecule has 7 heteroatoms. The number of hydrogen-bond donors (Lipinski definition) is 1. The summed E-state index contributed by atoms with van der Waals surface area (Å²) in [6, 6.07) is 3.49. The van der Waals surface area contributed by atoms with Crippen molar-refractivity contribution in [1.29, 1.82) is 0 Å². The minimum Gasteiger partial charge on any atom is -0.389 e. The fourth-order valence-corrected chi connectivity index (χ4v) is 2.16. The summed E-state index contributed by atoms with van der Waals surface area (Å²) in [7, 11) is 0. The van der Waals surface area contributed by atoms with Crippen LogP contribution >= 0.6 is 12.2 Å². The van der Waals surface area contributed by atoms with E-state index < -0.39 is 0 Å². The van der Waals surface area contributed by atoms with Crippen molar-refractivity contribution in [2.24, 2.45) is 5.73 Å². The predicted molar refractivity (Wildman–Crippen MR) is 80.7 cm³/mol. The Bertz CT molecular complexity index is 688. The summed E-state index contributed by atoms with van der Waals surface area (Å²) in [5, 5.41) is 4.16. The fraction of sp³-hybridized carbons (Fsp3) is 0.385. The van der Waals surface area contributed by atoms with Crippen LogP contribution in [0.5, 0.6) is 0 Å². The first-order chi connectivity index (χ1) is 9.54. The SMILES string of the molecule is CCCn1ncnc1Cn1c(C)ccc(C(N)=S)c1=O. The van der Waals surface area contributed by atoms with Gasteiger partial charge in [-0.3, -0.25) is 4.79 Å². The monoisotopic (exact) mass is 291 g/mol. The molecule has 2 heterocycles. The van der Waals surface area contributed by atoms with Crippen LogP contribution in [0, 0.1) is 6.92 Å². The van der Waals surface area contributed by atoms with Crippen molar-refractivity contribution in [2.45, 2.75) is 33.4 Å². The van der Waals surface area contributed by atoms with E-state index in [-0.39, 0.29) is 10.5 Å². The molecule has 0 saturated carbocycles. The van der Waals surface area contributed by atoms with E-state index in [1.165, 1.54) is 6.33 Å². The Hall–Kier alpha value is -2.02. The van der Waals surface area contributed by atoms with Crippen molar-refractivity contribution in [3.63, 3.8) is 0 Å². The Morgan fingerprint density at radius 3 is 2.85 bits per heavy atom. The van der Waals surface area contributed by atoms with E-state index in [1.54, 1.807) is 15.3 Å². The van der Waals surface area contributed by atoms with Crippen LogP contribution < -0.4 is 11.3 Å². The zero-order chi connectivity index (χ0) is 14.7. The van der Waals surface area contributed by atoms with Crippen LogP contribution in [0.25, 0.3) is 0 Å². The van der Waals surface area contributed by atoms with E-state index in [0.717, 1.165) is 24.5 Å². The molecule has 0 atom stereocenters. The molecule has 0 unspecified atom stereocenters. The van der Waals surface area contributed by atoms with Crippen molar-refractivity contribution < 1.29 is 0 Å². The van der Waals surface area contributed by atoms with Gasteiger partial charge in [0.15, 0.2) is 0 Å². The van der Waals surface area contributed by atoms with Crippen LogP contribution in [0.2, 0.25) is 0 Å². The summed E-state index contributed by atoms with van der Waals surface area (Å²) in [5.74, 6) is 0.747. The van der Waals surface area contributed by atoms with Gasteiger partial charge in [-0.1, -0.05) is 19.1 Å². The zero-order valence-electron chi connectivity index (χ0n) is 11.5. The minimum atomic E-state index is -0.191. The molecule has 0 saturated heterocycles. The van der Waals surface area contributed by atoms with Gasteiger partial charge in [-0.05, 0) is 25.5 Å². The molecule has 0 aliphatic heterocycles. The lowest BCUT2D eigenvalue weighted by Crippen LogP contribution is -2.31. The molecule has 0 aliphatic rings. The molecule has 6 nitrogen and oxygen atoms in total. The molecule has 106 valence electrons. The summed E-state index contributed by atoms with van der Waals surface area (Å²) in [5.41, 5.74) is 6.57. The number of nitrogens with zero attached hydrogens (tertiary/aromatic N) is 4. The predicted octanol–water partition coefficient (Wildman–Crippen LogP) is 0.841. The molecule has 0 amide bonds. The maximum atomic E-state index is 12.4. The number of thiocarbonyl (C=S) groups is 1. The standard InChI is InChI=1S/C13H17N5OS/c1-3-6-18-11(15-8-16-18)7-17-9(2)4-5-10(12(14)20)13(17)19/h4-5,8H,3,6-7H2,1-2H3,(H2,14,20). The molecule has 0 radical (unpaired) electrons. The minimum absolute atomic E-state index is 0.110. The van der Waals surface area contributed by atoms with Crippen molar-refractivity contribution in [2.75, 3.05) is 0 Å². The van der Waals surface area contributed by atoms with Crippen molar-refractivity contribution >= 4 is 17.2 Å². The van der Waals surface area contributed by atoms with Gasteiger partial charge in [0.2, 0.25) is 0 Å². The average molecular weight is 291 g/mol. The van der Waals surface area contributed by atoms with Crippen molar-refractivity contribution in [3.8, 4) is 0 Å². The quantitative estimate of drug-likeness (QED) is 0.826. The first-order valence-corrected chi connectivity index (χ1v) is 6.82. The van der Waals surface area contributed by atoms with Gasteiger partial charge in [0.25, 0.3) is 5.56 Å². The van der Waals surface area contributed by atoms with Crippen LogP contribution in [0.15, 0.2) is 23.3 Å². The molecule has 0 fully saturated rings. The number of aromatic nitrogens is 4. The van der Waals surface area contributed by atoms with Crippen LogP contribution in [-0.4, -0.2) is 24.3 Å². The van der Waals surface area contributed by atoms with Crippen molar-refractivity contribution in [3.05, 3.63) is 45.9 Å². The highest BCUT2D eigenvalue weighted by atomic mass is 32.1. The highest BCUT2D eigenvalue weighted by molar-refractivity contribution is 7.80. The third kappa shape index (κ3) is 2.77. The highest BCUT2D eigenvalue weighted by Gasteiger charge is 2.11. The molecule has 0 aliphatic carbocycles. The van der Waals surface area contributed by atoms with Crippen molar-refractivity contribution in [1.82, 2.24) is 19.3 Å². The number of nitrogens with two attached hydrogens (primary N) is 1. The third-order valence-electron chi connectivity index (χ3n) is 3.09. The topological polar surface area (TPSA) is 78.7 Å².